The molecule has 0 aliphatic carbocycles. The summed E-state index contributed by atoms with van der Waals surface area (Å²) < 4.78 is 13.4. The van der Waals surface area contributed by atoms with Crippen LogP contribution in [0.5, 0.6) is 0 Å². The van der Waals surface area contributed by atoms with Gasteiger partial charge in [-0.3, -0.25) is 9.69 Å². The van der Waals surface area contributed by atoms with Crippen molar-refractivity contribution in [2.75, 3.05) is 13.1 Å². The molecule has 1 atom stereocenters. The van der Waals surface area contributed by atoms with Gasteiger partial charge in [-0.05, 0) is 12.5 Å². The second-order valence-corrected chi connectivity index (χ2v) is 4.51. The number of benzene rings is 1. The molecule has 1 heterocycles. The molecule has 0 amide bonds. The lowest BCUT2D eigenvalue weighted by molar-refractivity contribution is -0.142. The monoisotopic (exact) mass is 238 g/mol. The van der Waals surface area contributed by atoms with Crippen molar-refractivity contribution in [3.8, 4) is 0 Å². The number of carboxylic acids is 1. The first kappa shape index (κ1) is 12.0. The second kappa shape index (κ2) is 4.43. The van der Waals surface area contributed by atoms with Crippen molar-refractivity contribution in [3.63, 3.8) is 0 Å². The highest BCUT2D eigenvalue weighted by Gasteiger charge is 2.41. The van der Waals surface area contributed by atoms with E-state index >= 15 is 0 Å². The van der Waals surface area contributed by atoms with Gasteiger partial charge in [0.15, 0.2) is 0 Å². The zero-order chi connectivity index (χ0) is 12.5. The van der Waals surface area contributed by atoms with Gasteiger partial charge in [0.25, 0.3) is 0 Å². The van der Waals surface area contributed by atoms with Gasteiger partial charge < -0.3 is 10.8 Å². The van der Waals surface area contributed by atoms with Gasteiger partial charge in [0, 0.05) is 25.2 Å². The SMILES string of the molecule is NC1(C(=O)O)CCN(Cc2ccccc2F)C1. The largest absolute Gasteiger partial charge is 0.480 e. The third-order valence-corrected chi connectivity index (χ3v) is 3.16. The molecule has 1 aliphatic rings. The van der Waals surface area contributed by atoms with Gasteiger partial charge in [-0.1, -0.05) is 18.2 Å². The molecular formula is C12H15FN2O2. The lowest BCUT2D eigenvalue weighted by Gasteiger charge is -2.20. The minimum atomic E-state index is -1.19. The van der Waals surface area contributed by atoms with Gasteiger partial charge >= 0.3 is 5.97 Å². The maximum atomic E-state index is 13.4. The number of hydrogen-bond donors (Lipinski definition) is 2. The third kappa shape index (κ3) is 2.45. The Morgan fingerprint density at radius 3 is 2.82 bits per heavy atom. The molecule has 4 nitrogen and oxygen atoms in total. The fourth-order valence-electron chi connectivity index (χ4n) is 2.09. The highest BCUT2D eigenvalue weighted by molar-refractivity contribution is 5.79. The van der Waals surface area contributed by atoms with Gasteiger partial charge in [-0.15, -0.1) is 0 Å². The Labute approximate surface area is 98.8 Å². The molecule has 0 aromatic heterocycles. The van der Waals surface area contributed by atoms with Crippen molar-refractivity contribution in [2.24, 2.45) is 5.73 Å². The van der Waals surface area contributed by atoms with Gasteiger partial charge in [-0.25, -0.2) is 4.39 Å². The molecule has 1 aliphatic heterocycles. The Morgan fingerprint density at radius 1 is 1.53 bits per heavy atom. The van der Waals surface area contributed by atoms with E-state index in [0.717, 1.165) is 0 Å². The lowest BCUT2D eigenvalue weighted by atomic mass is 10.0. The molecule has 0 spiro atoms. The molecule has 1 fully saturated rings. The van der Waals surface area contributed by atoms with E-state index in [2.05, 4.69) is 0 Å². The molecule has 1 saturated heterocycles. The van der Waals surface area contributed by atoms with E-state index in [4.69, 9.17) is 10.8 Å². The van der Waals surface area contributed by atoms with E-state index < -0.39 is 11.5 Å². The van der Waals surface area contributed by atoms with Crippen LogP contribution in [-0.4, -0.2) is 34.6 Å². The highest BCUT2D eigenvalue weighted by atomic mass is 19.1. The summed E-state index contributed by atoms with van der Waals surface area (Å²) in [5, 5.41) is 8.99. The number of nitrogens with two attached hydrogens (primary N) is 1. The molecule has 5 heteroatoms. The van der Waals surface area contributed by atoms with Crippen molar-refractivity contribution < 1.29 is 14.3 Å². The van der Waals surface area contributed by atoms with Crippen LogP contribution in [0.1, 0.15) is 12.0 Å². The van der Waals surface area contributed by atoms with Crippen molar-refractivity contribution in [2.45, 2.75) is 18.5 Å². The molecule has 0 bridgehead atoms. The predicted molar refractivity (Wildman–Crippen MR) is 60.8 cm³/mol. The summed E-state index contributed by atoms with van der Waals surface area (Å²) in [5.41, 5.74) is 5.13. The van der Waals surface area contributed by atoms with Crippen molar-refractivity contribution in [3.05, 3.63) is 35.6 Å². The second-order valence-electron chi connectivity index (χ2n) is 4.51. The fraction of sp³-hybridized carbons (Fsp3) is 0.417. The Bertz CT molecular complexity index is 438. The summed E-state index contributed by atoms with van der Waals surface area (Å²) in [5.74, 6) is -1.26. The number of rotatable bonds is 3. The lowest BCUT2D eigenvalue weighted by Crippen LogP contribution is -2.50. The summed E-state index contributed by atoms with van der Waals surface area (Å²) in [7, 11) is 0. The molecule has 2 rings (SSSR count). The zero-order valence-electron chi connectivity index (χ0n) is 9.40. The predicted octanol–water partition coefficient (Wildman–Crippen LogP) is 0.813. The van der Waals surface area contributed by atoms with Crippen LogP contribution in [0, 0.1) is 5.82 Å². The van der Waals surface area contributed by atoms with E-state index in [9.17, 15) is 9.18 Å². The Morgan fingerprint density at radius 2 is 2.24 bits per heavy atom. The summed E-state index contributed by atoms with van der Waals surface area (Å²) >= 11 is 0. The van der Waals surface area contributed by atoms with Crippen molar-refractivity contribution in [1.82, 2.24) is 4.90 Å². The number of hydrogen-bond acceptors (Lipinski definition) is 3. The molecule has 92 valence electrons. The van der Waals surface area contributed by atoms with Crippen LogP contribution in [0.15, 0.2) is 24.3 Å². The Kier molecular flexibility index (Phi) is 3.13. The molecule has 0 radical (unpaired) electrons. The molecule has 1 aromatic carbocycles. The zero-order valence-corrected chi connectivity index (χ0v) is 9.40. The molecule has 0 saturated carbocycles. The van der Waals surface area contributed by atoms with E-state index in [1.54, 1.807) is 18.2 Å². The van der Waals surface area contributed by atoms with Crippen LogP contribution in [0.25, 0.3) is 0 Å². The van der Waals surface area contributed by atoms with Crippen LogP contribution in [0.4, 0.5) is 4.39 Å². The first-order valence-electron chi connectivity index (χ1n) is 5.49. The van der Waals surface area contributed by atoms with E-state index in [1.807, 2.05) is 4.90 Å². The minimum Gasteiger partial charge on any atom is -0.480 e. The van der Waals surface area contributed by atoms with Crippen molar-refractivity contribution >= 4 is 5.97 Å². The number of carboxylic acid groups (broad SMARTS) is 1. The van der Waals surface area contributed by atoms with E-state index in [1.165, 1.54) is 6.07 Å². The first-order chi connectivity index (χ1) is 8.01. The number of nitrogens with zero attached hydrogens (tertiary/aromatic N) is 1. The smallest absolute Gasteiger partial charge is 0.325 e. The third-order valence-electron chi connectivity index (χ3n) is 3.16. The summed E-state index contributed by atoms with van der Waals surface area (Å²) in [6.07, 6.45) is 0.400. The van der Waals surface area contributed by atoms with Crippen LogP contribution in [0.2, 0.25) is 0 Å². The summed E-state index contributed by atoms with van der Waals surface area (Å²) in [6, 6.07) is 6.50. The van der Waals surface area contributed by atoms with E-state index in [0.29, 0.717) is 25.1 Å². The standard InChI is InChI=1S/C12H15FN2O2/c13-10-4-2-1-3-9(10)7-15-6-5-12(14,8-15)11(16)17/h1-4H,5-8,14H2,(H,16,17). The van der Waals surface area contributed by atoms with Gasteiger partial charge in [-0.2, -0.15) is 0 Å². The minimum absolute atomic E-state index is 0.261. The molecule has 1 unspecified atom stereocenters. The number of carbonyl (C=O) groups is 1. The van der Waals surface area contributed by atoms with Crippen LogP contribution in [-0.2, 0) is 11.3 Å². The van der Waals surface area contributed by atoms with Crippen molar-refractivity contribution in [1.29, 1.82) is 0 Å². The molecule has 17 heavy (non-hydrogen) atoms. The summed E-state index contributed by atoms with van der Waals surface area (Å²) in [6.45, 7) is 1.24. The highest BCUT2D eigenvalue weighted by Crippen LogP contribution is 2.21. The maximum Gasteiger partial charge on any atom is 0.325 e. The average molecular weight is 238 g/mol. The van der Waals surface area contributed by atoms with Crippen LogP contribution < -0.4 is 5.73 Å². The van der Waals surface area contributed by atoms with Gasteiger partial charge in [0.05, 0.1) is 0 Å². The fourth-order valence-corrected chi connectivity index (χ4v) is 2.09. The van der Waals surface area contributed by atoms with E-state index in [-0.39, 0.29) is 12.4 Å². The maximum absolute atomic E-state index is 13.4. The Hall–Kier alpha value is -1.46. The van der Waals surface area contributed by atoms with Gasteiger partial charge in [0.2, 0.25) is 0 Å². The van der Waals surface area contributed by atoms with Gasteiger partial charge in [0.1, 0.15) is 11.4 Å². The quantitative estimate of drug-likeness (QED) is 0.818. The average Bonchev–Trinajstić information content (AvgIpc) is 2.65. The molecule has 1 aromatic rings. The normalized spacial score (nSPS) is 25.1. The number of likely N-dealkylation sites (tertiary alicyclic amines) is 1. The summed E-state index contributed by atoms with van der Waals surface area (Å²) in [4.78, 5) is 12.8. The van der Waals surface area contributed by atoms with Crippen LogP contribution >= 0.6 is 0 Å². The topological polar surface area (TPSA) is 66.6 Å². The number of halogens is 1. The Balaban J connectivity index is 2.04. The van der Waals surface area contributed by atoms with Crippen LogP contribution in [0.3, 0.4) is 0 Å². The molecular weight excluding hydrogens is 223 g/mol. The number of aliphatic carboxylic acids is 1. The first-order valence-corrected chi connectivity index (χ1v) is 5.49. The molecule has 3 N–H and O–H groups in total.